The van der Waals surface area contributed by atoms with Crippen molar-refractivity contribution in [3.8, 4) is 11.1 Å². The van der Waals surface area contributed by atoms with Gasteiger partial charge in [0, 0.05) is 25.9 Å². The number of nitrogens with one attached hydrogen (secondary N) is 2. The lowest BCUT2D eigenvalue weighted by atomic mass is 10.0. The smallest absolute Gasteiger partial charge is 0.412 e. The van der Waals surface area contributed by atoms with Crippen molar-refractivity contribution in [1.29, 1.82) is 0 Å². The molecular weight excluding hydrogens is 394 g/mol. The fraction of sp³-hybridized carbons (Fsp3) is 0.478. The summed E-state index contributed by atoms with van der Waals surface area (Å²) in [6, 6.07) is 8.70. The van der Waals surface area contributed by atoms with Crippen LogP contribution in [-0.4, -0.2) is 36.6 Å². The summed E-state index contributed by atoms with van der Waals surface area (Å²) in [6.45, 7) is 19.2. The number of nitrogens with zero attached hydrogens (tertiary/aromatic N) is 1. The largest absolute Gasteiger partial charge is 0.444 e. The maximum absolute atomic E-state index is 12.0. The van der Waals surface area contributed by atoms with E-state index >= 15 is 0 Å². The number of benzene rings is 1. The molecule has 1 atom stereocenters. The molecule has 0 aliphatic rings. The highest BCUT2D eigenvalue weighted by atomic mass is 28.3. The van der Waals surface area contributed by atoms with Gasteiger partial charge in [-0.1, -0.05) is 38.4 Å². The Balaban J connectivity index is 2.17. The van der Waals surface area contributed by atoms with Gasteiger partial charge in [-0.25, -0.2) is 4.79 Å². The first-order valence-electron chi connectivity index (χ1n) is 10.3. The van der Waals surface area contributed by atoms with Gasteiger partial charge in [0.25, 0.3) is 0 Å². The third kappa shape index (κ3) is 7.14. The van der Waals surface area contributed by atoms with Crippen LogP contribution in [0.25, 0.3) is 17.2 Å². The Labute approximate surface area is 181 Å². The van der Waals surface area contributed by atoms with E-state index in [-0.39, 0.29) is 6.10 Å². The standard InChI is InChI=1S/C23H35N3O3Si/c1-9-19-20(21(26-25-19)16(2)28-14-15-30(6,7)8)17-10-12-18(13-11-17)24-22(27)29-23(3,4)5/h9-13,16H,1,14-15H2,2-8H3,(H,24,27)(H,25,26). The minimum Gasteiger partial charge on any atom is -0.444 e. The number of rotatable bonds is 8. The molecular formula is C23H35N3O3Si. The molecule has 1 amide bonds. The molecule has 30 heavy (non-hydrogen) atoms. The van der Waals surface area contributed by atoms with Crippen molar-refractivity contribution in [2.24, 2.45) is 0 Å². The summed E-state index contributed by atoms with van der Waals surface area (Å²) in [7, 11) is -1.15. The SMILES string of the molecule is C=Cc1[nH]nc(C(C)OCC[Si](C)(C)C)c1-c1ccc(NC(=O)OC(C)(C)C)cc1. The number of carbonyl (C=O) groups excluding carboxylic acids is 1. The van der Waals surface area contributed by atoms with E-state index < -0.39 is 19.8 Å². The normalized spacial score (nSPS) is 13.0. The second kappa shape index (κ2) is 9.62. The van der Waals surface area contributed by atoms with E-state index in [1.807, 2.05) is 52.0 Å². The Bertz CT molecular complexity index is 861. The Morgan fingerprint density at radius 1 is 1.27 bits per heavy atom. The molecule has 2 rings (SSSR count). The highest BCUT2D eigenvalue weighted by molar-refractivity contribution is 6.76. The molecule has 0 saturated carbocycles. The number of hydrogen-bond donors (Lipinski definition) is 2. The predicted molar refractivity (Wildman–Crippen MR) is 126 cm³/mol. The van der Waals surface area contributed by atoms with Crippen LogP contribution in [0, 0.1) is 0 Å². The van der Waals surface area contributed by atoms with Crippen molar-refractivity contribution in [2.45, 2.75) is 65.1 Å². The second-order valence-electron chi connectivity index (χ2n) is 9.63. The van der Waals surface area contributed by atoms with Gasteiger partial charge in [0.05, 0.1) is 17.5 Å². The summed E-state index contributed by atoms with van der Waals surface area (Å²) < 4.78 is 11.4. The maximum atomic E-state index is 12.0. The zero-order valence-corrected chi connectivity index (χ0v) is 20.3. The summed E-state index contributed by atoms with van der Waals surface area (Å²) in [5.74, 6) is 0. The van der Waals surface area contributed by atoms with E-state index in [0.29, 0.717) is 5.69 Å². The molecule has 1 aromatic carbocycles. The van der Waals surface area contributed by atoms with Gasteiger partial charge < -0.3 is 9.47 Å². The zero-order valence-electron chi connectivity index (χ0n) is 19.3. The summed E-state index contributed by atoms with van der Waals surface area (Å²) >= 11 is 0. The Morgan fingerprint density at radius 3 is 2.43 bits per heavy atom. The number of amides is 1. The first kappa shape index (κ1) is 23.9. The lowest BCUT2D eigenvalue weighted by Gasteiger charge is -2.20. The molecule has 0 radical (unpaired) electrons. The van der Waals surface area contributed by atoms with Crippen LogP contribution >= 0.6 is 0 Å². The number of ether oxygens (including phenoxy) is 2. The fourth-order valence-corrected chi connectivity index (χ4v) is 3.61. The molecule has 1 unspecified atom stereocenters. The minimum absolute atomic E-state index is 0.138. The van der Waals surface area contributed by atoms with E-state index in [4.69, 9.17) is 9.47 Å². The quantitative estimate of drug-likeness (QED) is 0.471. The minimum atomic E-state index is -1.15. The molecule has 2 aromatic rings. The van der Waals surface area contributed by atoms with Gasteiger partial charge >= 0.3 is 6.09 Å². The van der Waals surface area contributed by atoms with Gasteiger partial charge in [-0.2, -0.15) is 5.10 Å². The van der Waals surface area contributed by atoms with E-state index in [1.165, 1.54) is 0 Å². The van der Waals surface area contributed by atoms with Crippen LogP contribution in [0.4, 0.5) is 10.5 Å². The molecule has 0 spiro atoms. The first-order valence-corrected chi connectivity index (χ1v) is 14.0. The summed E-state index contributed by atoms with van der Waals surface area (Å²) in [4.78, 5) is 12.0. The van der Waals surface area contributed by atoms with Gasteiger partial charge in [0.1, 0.15) is 5.60 Å². The first-order chi connectivity index (χ1) is 13.9. The molecule has 1 heterocycles. The van der Waals surface area contributed by atoms with Crippen molar-refractivity contribution >= 4 is 25.9 Å². The van der Waals surface area contributed by atoms with Gasteiger partial charge in [-0.3, -0.25) is 10.4 Å². The molecule has 0 bridgehead atoms. The van der Waals surface area contributed by atoms with Crippen molar-refractivity contribution in [1.82, 2.24) is 10.2 Å². The van der Waals surface area contributed by atoms with E-state index in [0.717, 1.165) is 35.2 Å². The van der Waals surface area contributed by atoms with Crippen molar-refractivity contribution in [2.75, 3.05) is 11.9 Å². The van der Waals surface area contributed by atoms with Crippen LogP contribution in [0.1, 0.15) is 45.2 Å². The van der Waals surface area contributed by atoms with Crippen molar-refractivity contribution in [3.05, 3.63) is 42.2 Å². The highest BCUT2D eigenvalue weighted by Gasteiger charge is 2.21. The lowest BCUT2D eigenvalue weighted by molar-refractivity contribution is 0.0636. The van der Waals surface area contributed by atoms with Gasteiger partial charge in [0.15, 0.2) is 0 Å². The average Bonchev–Trinajstić information content (AvgIpc) is 3.03. The molecule has 7 heteroatoms. The number of carbonyl (C=O) groups is 1. The molecule has 0 aliphatic carbocycles. The predicted octanol–water partition coefficient (Wildman–Crippen LogP) is 6.48. The van der Waals surface area contributed by atoms with Gasteiger partial charge in [0.2, 0.25) is 0 Å². The lowest BCUT2D eigenvalue weighted by Crippen LogP contribution is -2.27. The number of anilines is 1. The summed E-state index contributed by atoms with van der Waals surface area (Å²) in [5.41, 5.74) is 3.77. The topological polar surface area (TPSA) is 76.2 Å². The van der Waals surface area contributed by atoms with E-state index in [2.05, 4.69) is 41.7 Å². The number of hydrogen-bond acceptors (Lipinski definition) is 4. The van der Waals surface area contributed by atoms with Crippen LogP contribution in [0.5, 0.6) is 0 Å². The highest BCUT2D eigenvalue weighted by Crippen LogP contribution is 2.33. The Kier molecular flexibility index (Phi) is 7.66. The fourth-order valence-electron chi connectivity index (χ4n) is 2.88. The van der Waals surface area contributed by atoms with Crippen LogP contribution < -0.4 is 5.32 Å². The Hall–Kier alpha value is -2.38. The molecule has 0 fully saturated rings. The number of aromatic amines is 1. The third-order valence-electron chi connectivity index (χ3n) is 4.45. The van der Waals surface area contributed by atoms with Crippen molar-refractivity contribution < 1.29 is 14.3 Å². The average molecular weight is 430 g/mol. The maximum Gasteiger partial charge on any atom is 0.412 e. The molecule has 6 nitrogen and oxygen atoms in total. The monoisotopic (exact) mass is 429 g/mol. The number of H-pyrrole nitrogens is 1. The van der Waals surface area contributed by atoms with E-state index in [1.54, 1.807) is 6.08 Å². The third-order valence-corrected chi connectivity index (χ3v) is 6.15. The molecule has 2 N–H and O–H groups in total. The molecule has 1 aromatic heterocycles. The second-order valence-corrected chi connectivity index (χ2v) is 15.3. The van der Waals surface area contributed by atoms with Crippen LogP contribution in [0.3, 0.4) is 0 Å². The van der Waals surface area contributed by atoms with Crippen molar-refractivity contribution in [3.63, 3.8) is 0 Å². The van der Waals surface area contributed by atoms with Gasteiger partial charge in [-0.05, 0) is 57.5 Å². The molecule has 164 valence electrons. The summed E-state index contributed by atoms with van der Waals surface area (Å²) in [6.07, 6.45) is 1.14. The zero-order chi connectivity index (χ0) is 22.5. The van der Waals surface area contributed by atoms with Crippen LogP contribution in [0.15, 0.2) is 30.8 Å². The Morgan fingerprint density at radius 2 is 1.90 bits per heavy atom. The number of aromatic nitrogens is 2. The van der Waals surface area contributed by atoms with Crippen LogP contribution in [-0.2, 0) is 9.47 Å². The summed E-state index contributed by atoms with van der Waals surface area (Å²) in [5, 5.41) is 10.3. The van der Waals surface area contributed by atoms with Crippen LogP contribution in [0.2, 0.25) is 25.7 Å². The van der Waals surface area contributed by atoms with Gasteiger partial charge in [-0.15, -0.1) is 0 Å². The van der Waals surface area contributed by atoms with E-state index in [9.17, 15) is 4.79 Å². The molecule has 0 saturated heterocycles. The molecule has 0 aliphatic heterocycles.